The van der Waals surface area contributed by atoms with Crippen molar-refractivity contribution in [2.24, 2.45) is 13.0 Å². The van der Waals surface area contributed by atoms with Crippen molar-refractivity contribution in [3.8, 4) is 6.07 Å². The number of likely N-dealkylation sites (tertiary alicyclic amines) is 1. The van der Waals surface area contributed by atoms with Crippen LogP contribution in [0.1, 0.15) is 65.9 Å². The number of aromatic nitrogens is 1. The number of nitrogens with zero attached hydrogens (tertiary/aromatic N) is 3. The van der Waals surface area contributed by atoms with Gasteiger partial charge in [-0.1, -0.05) is 6.07 Å². The minimum Gasteiger partial charge on any atom is -0.393 e. The summed E-state index contributed by atoms with van der Waals surface area (Å²) in [7, 11) is 2.04. The van der Waals surface area contributed by atoms with Crippen molar-refractivity contribution >= 4 is 28.4 Å². The number of hydrogen-bond acceptors (Lipinski definition) is 4. The second kappa shape index (κ2) is 10.2. The van der Waals surface area contributed by atoms with E-state index in [1.54, 1.807) is 24.3 Å². The molecule has 7 heteroatoms. The molecule has 1 aromatic heterocycles. The van der Waals surface area contributed by atoms with Gasteiger partial charge in [0, 0.05) is 54.4 Å². The van der Waals surface area contributed by atoms with Crippen molar-refractivity contribution < 1.29 is 14.7 Å². The molecule has 3 aromatic rings. The number of amides is 2. The minimum atomic E-state index is -0.247. The lowest BCUT2D eigenvalue weighted by Crippen LogP contribution is -2.42. The number of carbonyl (C=O) groups is 2. The minimum absolute atomic E-state index is 0.0579. The van der Waals surface area contributed by atoms with Crippen LogP contribution in [0.15, 0.2) is 48.7 Å². The van der Waals surface area contributed by atoms with Crippen molar-refractivity contribution in [3.63, 3.8) is 0 Å². The molecule has 2 aromatic carbocycles. The highest BCUT2D eigenvalue weighted by molar-refractivity contribution is 6.05. The molecule has 0 spiro atoms. The number of hydrogen-bond donors (Lipinski definition) is 2. The first kappa shape index (κ1) is 24.1. The highest BCUT2D eigenvalue weighted by atomic mass is 16.3. The first-order chi connectivity index (χ1) is 17.4. The third kappa shape index (κ3) is 4.87. The molecule has 2 amide bonds. The van der Waals surface area contributed by atoms with Crippen LogP contribution in [0, 0.1) is 17.2 Å². The van der Waals surface area contributed by atoms with Crippen molar-refractivity contribution in [2.75, 3.05) is 18.4 Å². The number of nitriles is 1. The number of anilines is 1. The molecule has 0 atom stereocenters. The molecule has 1 aliphatic heterocycles. The summed E-state index contributed by atoms with van der Waals surface area (Å²) in [5.74, 6) is 0.418. The van der Waals surface area contributed by atoms with Crippen LogP contribution in [0.3, 0.4) is 0 Å². The number of rotatable bonds is 4. The van der Waals surface area contributed by atoms with Gasteiger partial charge in [-0.05, 0) is 86.4 Å². The molecule has 5 rings (SSSR count). The summed E-state index contributed by atoms with van der Waals surface area (Å²) < 4.78 is 2.12. The maximum atomic E-state index is 13.0. The molecule has 2 heterocycles. The second-order valence-corrected chi connectivity index (χ2v) is 10.2. The highest BCUT2D eigenvalue weighted by Gasteiger charge is 2.32. The zero-order chi connectivity index (χ0) is 25.2. The molecule has 0 unspecified atom stereocenters. The van der Waals surface area contributed by atoms with Crippen LogP contribution < -0.4 is 5.32 Å². The summed E-state index contributed by atoms with van der Waals surface area (Å²) in [6.07, 6.45) is 6.80. The maximum absolute atomic E-state index is 13.0. The van der Waals surface area contributed by atoms with Gasteiger partial charge in [0.15, 0.2) is 0 Å². The van der Waals surface area contributed by atoms with E-state index in [2.05, 4.69) is 22.1 Å². The molecular formula is C29H32N4O3. The molecule has 186 valence electrons. The number of benzene rings is 2. The smallest absolute Gasteiger partial charge is 0.255 e. The monoisotopic (exact) mass is 484 g/mol. The summed E-state index contributed by atoms with van der Waals surface area (Å²) in [5, 5.41) is 23.0. The molecule has 1 aliphatic carbocycles. The van der Waals surface area contributed by atoms with Crippen LogP contribution in [0.4, 0.5) is 5.69 Å². The van der Waals surface area contributed by atoms with E-state index in [1.807, 2.05) is 30.1 Å². The van der Waals surface area contributed by atoms with Crippen molar-refractivity contribution in [3.05, 3.63) is 65.4 Å². The lowest BCUT2D eigenvalue weighted by atomic mass is 9.85. The predicted octanol–water partition coefficient (Wildman–Crippen LogP) is 4.56. The Bertz CT molecular complexity index is 1320. The van der Waals surface area contributed by atoms with Gasteiger partial charge in [-0.3, -0.25) is 9.59 Å². The topological polar surface area (TPSA) is 98.4 Å². The Morgan fingerprint density at radius 3 is 2.50 bits per heavy atom. The van der Waals surface area contributed by atoms with Crippen molar-refractivity contribution in [1.29, 1.82) is 5.26 Å². The van der Waals surface area contributed by atoms with E-state index in [0.29, 0.717) is 17.0 Å². The molecule has 7 nitrogen and oxygen atoms in total. The van der Waals surface area contributed by atoms with Gasteiger partial charge in [0.25, 0.3) is 5.91 Å². The first-order valence-electron chi connectivity index (χ1n) is 12.8. The van der Waals surface area contributed by atoms with Gasteiger partial charge in [-0.15, -0.1) is 0 Å². The molecule has 36 heavy (non-hydrogen) atoms. The van der Waals surface area contributed by atoms with E-state index in [4.69, 9.17) is 5.26 Å². The number of nitrogens with one attached hydrogen (secondary N) is 1. The van der Waals surface area contributed by atoms with E-state index in [0.717, 1.165) is 68.2 Å². The quantitative estimate of drug-likeness (QED) is 0.567. The standard InChI is InChI=1S/C29H32N4O3/c1-32-18-26(20-11-13-33(14-12-20)29(36)21-5-8-24(34)9-6-21)25-16-23(7-10-27(25)32)31-28(35)22-4-2-3-19(15-22)17-30/h2-4,7,10,15-16,18,20-21,24,34H,5-6,8-9,11-14H2,1H3,(H,31,35)/t21-,24+. The van der Waals surface area contributed by atoms with E-state index < -0.39 is 0 Å². The fraction of sp³-hybridized carbons (Fsp3) is 0.414. The van der Waals surface area contributed by atoms with E-state index in [-0.39, 0.29) is 23.8 Å². The van der Waals surface area contributed by atoms with Gasteiger partial charge in [-0.25, -0.2) is 0 Å². The summed E-state index contributed by atoms with van der Waals surface area (Å²) in [6, 6.07) is 14.7. The van der Waals surface area contributed by atoms with Gasteiger partial charge in [0.05, 0.1) is 17.7 Å². The molecule has 2 N–H and O–H groups in total. The molecule has 1 saturated carbocycles. The maximum Gasteiger partial charge on any atom is 0.255 e. The van der Waals surface area contributed by atoms with Crippen LogP contribution in [-0.4, -0.2) is 45.6 Å². The highest BCUT2D eigenvalue weighted by Crippen LogP contribution is 2.36. The Kier molecular flexibility index (Phi) is 6.80. The third-order valence-electron chi connectivity index (χ3n) is 7.82. The Hall–Kier alpha value is -3.63. The summed E-state index contributed by atoms with van der Waals surface area (Å²) in [5.41, 5.74) is 3.98. The SMILES string of the molecule is Cn1cc(C2CCN(C(=O)[C@H]3CC[C@@H](O)CC3)CC2)c2cc(NC(=O)c3cccc(C#N)c3)ccc21. The van der Waals surface area contributed by atoms with Crippen molar-refractivity contribution in [2.45, 2.75) is 50.5 Å². The molecule has 1 saturated heterocycles. The Labute approximate surface area is 211 Å². The van der Waals surface area contributed by atoms with Gasteiger partial charge in [-0.2, -0.15) is 5.26 Å². The predicted molar refractivity (Wildman–Crippen MR) is 139 cm³/mol. The Balaban J connectivity index is 1.29. The van der Waals surface area contributed by atoms with Crippen LogP contribution in [0.5, 0.6) is 0 Å². The molecule has 2 aliphatic rings. The normalized spacial score (nSPS) is 20.8. The fourth-order valence-electron chi connectivity index (χ4n) is 5.75. The number of fused-ring (bicyclic) bond motifs is 1. The summed E-state index contributed by atoms with van der Waals surface area (Å²) in [4.78, 5) is 27.8. The molecule has 2 fully saturated rings. The Morgan fingerprint density at radius 1 is 1.03 bits per heavy atom. The zero-order valence-corrected chi connectivity index (χ0v) is 20.6. The molecular weight excluding hydrogens is 452 g/mol. The number of carbonyl (C=O) groups excluding carboxylic acids is 2. The van der Waals surface area contributed by atoms with Crippen LogP contribution >= 0.6 is 0 Å². The number of piperidine rings is 1. The average molecular weight is 485 g/mol. The number of aryl methyl sites for hydroxylation is 1. The molecule has 0 bridgehead atoms. The zero-order valence-electron chi connectivity index (χ0n) is 20.6. The lowest BCUT2D eigenvalue weighted by molar-refractivity contribution is -0.138. The van der Waals surface area contributed by atoms with E-state index >= 15 is 0 Å². The largest absolute Gasteiger partial charge is 0.393 e. The number of aliphatic hydroxyl groups excluding tert-OH is 1. The van der Waals surface area contributed by atoms with Gasteiger partial charge in [0.2, 0.25) is 5.91 Å². The van der Waals surface area contributed by atoms with Crippen LogP contribution in [-0.2, 0) is 11.8 Å². The average Bonchev–Trinajstić information content (AvgIpc) is 3.24. The first-order valence-corrected chi connectivity index (χ1v) is 12.8. The Morgan fingerprint density at radius 2 is 1.78 bits per heavy atom. The lowest BCUT2D eigenvalue weighted by Gasteiger charge is -2.35. The van der Waals surface area contributed by atoms with E-state index in [9.17, 15) is 14.7 Å². The van der Waals surface area contributed by atoms with Crippen LogP contribution in [0.25, 0.3) is 10.9 Å². The van der Waals surface area contributed by atoms with Crippen molar-refractivity contribution in [1.82, 2.24) is 9.47 Å². The third-order valence-corrected chi connectivity index (χ3v) is 7.82. The summed E-state index contributed by atoms with van der Waals surface area (Å²) >= 11 is 0. The molecule has 0 radical (unpaired) electrons. The van der Waals surface area contributed by atoms with Gasteiger partial charge >= 0.3 is 0 Å². The van der Waals surface area contributed by atoms with Gasteiger partial charge < -0.3 is 19.9 Å². The second-order valence-electron chi connectivity index (χ2n) is 10.2. The fourth-order valence-corrected chi connectivity index (χ4v) is 5.75. The number of aliphatic hydroxyl groups is 1. The van der Waals surface area contributed by atoms with Crippen LogP contribution in [0.2, 0.25) is 0 Å². The summed E-state index contributed by atoms with van der Waals surface area (Å²) in [6.45, 7) is 1.51. The van der Waals surface area contributed by atoms with E-state index in [1.165, 1.54) is 5.56 Å². The van der Waals surface area contributed by atoms with Gasteiger partial charge in [0.1, 0.15) is 0 Å².